The lowest BCUT2D eigenvalue weighted by atomic mass is 10.2. The molecule has 0 unspecified atom stereocenters. The molecule has 0 saturated carbocycles. The molecule has 5 nitrogen and oxygen atoms in total. The molecule has 2 rings (SSSR count). The van der Waals surface area contributed by atoms with Gasteiger partial charge in [0.2, 0.25) is 0 Å². The highest BCUT2D eigenvalue weighted by Crippen LogP contribution is 2.13. The van der Waals surface area contributed by atoms with Crippen LogP contribution in [0.1, 0.15) is 5.56 Å². The molecule has 0 aliphatic rings. The quantitative estimate of drug-likeness (QED) is 0.761. The van der Waals surface area contributed by atoms with E-state index in [-0.39, 0.29) is 6.61 Å². The summed E-state index contributed by atoms with van der Waals surface area (Å²) in [5.74, 6) is 1.45. The first-order valence-electron chi connectivity index (χ1n) is 5.93. The summed E-state index contributed by atoms with van der Waals surface area (Å²) in [5, 5.41) is 15.0. The smallest absolute Gasteiger partial charge is 0.131 e. The first-order chi connectivity index (χ1) is 9.28. The molecule has 0 saturated heterocycles. The van der Waals surface area contributed by atoms with Crippen LogP contribution in [0.5, 0.6) is 0 Å². The van der Waals surface area contributed by atoms with Crippen molar-refractivity contribution >= 4 is 27.6 Å². The number of benzene rings is 1. The van der Waals surface area contributed by atoms with Crippen LogP contribution in [0.4, 0.5) is 11.6 Å². The van der Waals surface area contributed by atoms with Crippen LogP contribution < -0.4 is 10.6 Å². The Morgan fingerprint density at radius 2 is 1.74 bits per heavy atom. The summed E-state index contributed by atoms with van der Waals surface area (Å²) in [7, 11) is 0. The van der Waals surface area contributed by atoms with Gasteiger partial charge in [-0.05, 0) is 17.7 Å². The first-order valence-corrected chi connectivity index (χ1v) is 6.72. The van der Waals surface area contributed by atoms with E-state index in [2.05, 4.69) is 36.5 Å². The molecule has 0 bridgehead atoms. The van der Waals surface area contributed by atoms with Crippen molar-refractivity contribution in [2.45, 2.75) is 6.54 Å². The first kappa shape index (κ1) is 13.8. The van der Waals surface area contributed by atoms with E-state index < -0.39 is 0 Å². The summed E-state index contributed by atoms with van der Waals surface area (Å²) in [6.45, 7) is 1.25. The maximum Gasteiger partial charge on any atom is 0.131 e. The predicted octanol–water partition coefficient (Wildman–Crippen LogP) is 2.26. The fourth-order valence-electron chi connectivity index (χ4n) is 1.53. The fourth-order valence-corrected chi connectivity index (χ4v) is 1.79. The number of nitrogens with one attached hydrogen (secondary N) is 2. The molecule has 19 heavy (non-hydrogen) atoms. The van der Waals surface area contributed by atoms with Gasteiger partial charge in [0, 0.05) is 23.6 Å². The zero-order chi connectivity index (χ0) is 13.5. The third-order valence-corrected chi connectivity index (χ3v) is 3.00. The number of rotatable bonds is 6. The number of halogens is 1. The number of hydrogen-bond donors (Lipinski definition) is 3. The highest BCUT2D eigenvalue weighted by molar-refractivity contribution is 9.10. The summed E-state index contributed by atoms with van der Waals surface area (Å²) in [6, 6.07) is 9.91. The van der Waals surface area contributed by atoms with Gasteiger partial charge in [-0.15, -0.1) is 0 Å². The van der Waals surface area contributed by atoms with E-state index in [9.17, 15) is 0 Å². The molecule has 0 aliphatic carbocycles. The standard InChI is InChI=1S/C13H15BrN4O/c14-11-3-1-10(2-4-11)8-16-13-7-12(15-5-6-19)17-9-18-13/h1-4,7,9,19H,5-6,8H2,(H2,15,16,17,18). The van der Waals surface area contributed by atoms with Crippen LogP contribution >= 0.6 is 15.9 Å². The monoisotopic (exact) mass is 322 g/mol. The lowest BCUT2D eigenvalue weighted by Crippen LogP contribution is -2.08. The van der Waals surface area contributed by atoms with Crippen molar-refractivity contribution in [3.05, 3.63) is 46.7 Å². The third kappa shape index (κ3) is 4.50. The average molecular weight is 323 g/mol. The molecule has 2 aromatic rings. The van der Waals surface area contributed by atoms with E-state index in [1.807, 2.05) is 30.3 Å². The van der Waals surface area contributed by atoms with Crippen molar-refractivity contribution in [3.8, 4) is 0 Å². The van der Waals surface area contributed by atoms with Gasteiger partial charge in [0.15, 0.2) is 0 Å². The van der Waals surface area contributed by atoms with Crippen molar-refractivity contribution in [1.29, 1.82) is 0 Å². The van der Waals surface area contributed by atoms with E-state index in [1.54, 1.807) is 0 Å². The molecular formula is C13H15BrN4O. The number of aromatic nitrogens is 2. The molecule has 6 heteroatoms. The van der Waals surface area contributed by atoms with Crippen molar-refractivity contribution in [2.75, 3.05) is 23.8 Å². The Labute approximate surface area is 120 Å². The van der Waals surface area contributed by atoms with Crippen molar-refractivity contribution < 1.29 is 5.11 Å². The predicted molar refractivity (Wildman–Crippen MR) is 79.1 cm³/mol. The largest absolute Gasteiger partial charge is 0.395 e. The zero-order valence-electron chi connectivity index (χ0n) is 10.3. The minimum absolute atomic E-state index is 0.0751. The molecule has 0 aliphatic heterocycles. The van der Waals surface area contributed by atoms with Crippen molar-refractivity contribution in [3.63, 3.8) is 0 Å². The van der Waals surface area contributed by atoms with Crippen LogP contribution in [-0.4, -0.2) is 28.2 Å². The van der Waals surface area contributed by atoms with Gasteiger partial charge in [-0.1, -0.05) is 28.1 Å². The van der Waals surface area contributed by atoms with E-state index in [4.69, 9.17) is 5.11 Å². The Kier molecular flexibility index (Phi) is 5.11. The molecule has 0 radical (unpaired) electrons. The Balaban J connectivity index is 1.93. The summed E-state index contributed by atoms with van der Waals surface area (Å²) in [6.07, 6.45) is 1.49. The van der Waals surface area contributed by atoms with Gasteiger partial charge in [-0.25, -0.2) is 9.97 Å². The minimum atomic E-state index is 0.0751. The van der Waals surface area contributed by atoms with Crippen LogP contribution in [-0.2, 0) is 6.54 Å². The Morgan fingerprint density at radius 3 is 2.42 bits per heavy atom. The molecule has 100 valence electrons. The van der Waals surface area contributed by atoms with Crippen molar-refractivity contribution in [2.24, 2.45) is 0 Å². The molecule has 1 aromatic carbocycles. The lowest BCUT2D eigenvalue weighted by molar-refractivity contribution is 0.311. The van der Waals surface area contributed by atoms with Crippen LogP contribution in [0.3, 0.4) is 0 Å². The molecule has 0 fully saturated rings. The summed E-state index contributed by atoms with van der Waals surface area (Å²) in [4.78, 5) is 8.21. The van der Waals surface area contributed by atoms with Gasteiger partial charge in [-0.2, -0.15) is 0 Å². The van der Waals surface area contributed by atoms with Gasteiger partial charge in [-0.3, -0.25) is 0 Å². The summed E-state index contributed by atoms with van der Waals surface area (Å²) in [5.41, 5.74) is 1.17. The number of anilines is 2. The Hall–Kier alpha value is -1.66. The number of nitrogens with zero attached hydrogens (tertiary/aromatic N) is 2. The average Bonchev–Trinajstić information content (AvgIpc) is 2.45. The number of hydrogen-bond acceptors (Lipinski definition) is 5. The SMILES string of the molecule is OCCNc1cc(NCc2ccc(Br)cc2)ncn1. The third-order valence-electron chi connectivity index (χ3n) is 2.47. The number of aliphatic hydroxyl groups is 1. The second-order valence-corrected chi connectivity index (χ2v) is 4.83. The van der Waals surface area contributed by atoms with Gasteiger partial charge in [0.25, 0.3) is 0 Å². The summed E-state index contributed by atoms with van der Waals surface area (Å²) >= 11 is 3.41. The fraction of sp³-hybridized carbons (Fsp3) is 0.231. The second kappa shape index (κ2) is 7.06. The van der Waals surface area contributed by atoms with E-state index >= 15 is 0 Å². The Bertz CT molecular complexity index is 518. The maximum atomic E-state index is 8.75. The molecule has 1 aromatic heterocycles. The minimum Gasteiger partial charge on any atom is -0.395 e. The van der Waals surface area contributed by atoms with Crippen molar-refractivity contribution in [1.82, 2.24) is 9.97 Å². The second-order valence-electron chi connectivity index (χ2n) is 3.92. The lowest BCUT2D eigenvalue weighted by Gasteiger charge is -2.08. The Morgan fingerprint density at radius 1 is 1.05 bits per heavy atom. The van der Waals surface area contributed by atoms with Gasteiger partial charge < -0.3 is 15.7 Å². The highest BCUT2D eigenvalue weighted by atomic mass is 79.9. The molecule has 0 spiro atoms. The maximum absolute atomic E-state index is 8.75. The van der Waals surface area contributed by atoms with Gasteiger partial charge >= 0.3 is 0 Å². The number of aliphatic hydroxyl groups excluding tert-OH is 1. The van der Waals surface area contributed by atoms with Gasteiger partial charge in [0.05, 0.1) is 6.61 Å². The van der Waals surface area contributed by atoms with E-state index in [1.165, 1.54) is 11.9 Å². The van der Waals surface area contributed by atoms with Crippen LogP contribution in [0.15, 0.2) is 41.1 Å². The molecule has 3 N–H and O–H groups in total. The summed E-state index contributed by atoms with van der Waals surface area (Å²) < 4.78 is 1.06. The molecule has 1 heterocycles. The van der Waals surface area contributed by atoms with Crippen LogP contribution in [0.25, 0.3) is 0 Å². The molecule has 0 amide bonds. The molecular weight excluding hydrogens is 308 g/mol. The van der Waals surface area contributed by atoms with Gasteiger partial charge in [0.1, 0.15) is 18.0 Å². The van der Waals surface area contributed by atoms with Crippen LogP contribution in [0, 0.1) is 0 Å². The van der Waals surface area contributed by atoms with E-state index in [0.29, 0.717) is 18.9 Å². The normalized spacial score (nSPS) is 10.2. The highest BCUT2D eigenvalue weighted by Gasteiger charge is 1.98. The zero-order valence-corrected chi connectivity index (χ0v) is 11.9. The van der Waals surface area contributed by atoms with E-state index in [0.717, 1.165) is 10.3 Å². The van der Waals surface area contributed by atoms with Crippen LogP contribution in [0.2, 0.25) is 0 Å². The molecule has 0 atom stereocenters. The topological polar surface area (TPSA) is 70.1 Å².